The van der Waals surface area contributed by atoms with Gasteiger partial charge in [-0.3, -0.25) is 4.90 Å². The molecule has 0 aliphatic carbocycles. The molecule has 0 spiro atoms. The molecule has 1 aromatic heterocycles. The van der Waals surface area contributed by atoms with E-state index in [-0.39, 0.29) is 19.0 Å². The van der Waals surface area contributed by atoms with Crippen LogP contribution in [0.1, 0.15) is 17.3 Å². The zero-order chi connectivity index (χ0) is 18.2. The van der Waals surface area contributed by atoms with Gasteiger partial charge < -0.3 is 24.1 Å². The molecule has 1 N–H and O–H groups in total. The minimum atomic E-state index is 0. The first-order valence-corrected chi connectivity index (χ1v) is 8.84. The van der Waals surface area contributed by atoms with E-state index in [9.17, 15) is 0 Å². The number of benzene rings is 1. The van der Waals surface area contributed by atoms with E-state index in [2.05, 4.69) is 20.4 Å². The average Bonchev–Trinajstić information content (AvgIpc) is 3.10. The van der Waals surface area contributed by atoms with Crippen molar-refractivity contribution in [1.82, 2.24) is 20.4 Å². The van der Waals surface area contributed by atoms with Crippen molar-refractivity contribution in [2.45, 2.75) is 20.1 Å². The number of rotatable bonds is 9. The molecule has 0 bridgehead atoms. The Bertz CT molecular complexity index is 692. The SMILES string of the molecule is COc1cc(CNCCN2CCOCC2)ccc1OCc1nc(C)no1.Cl. The van der Waals surface area contributed by atoms with Crippen LogP contribution in [0.15, 0.2) is 22.7 Å². The van der Waals surface area contributed by atoms with Crippen LogP contribution in [0.4, 0.5) is 0 Å². The number of hydrogen-bond donors (Lipinski definition) is 1. The van der Waals surface area contributed by atoms with Crippen molar-refractivity contribution in [2.75, 3.05) is 46.5 Å². The molecule has 0 saturated carbocycles. The molecule has 0 radical (unpaired) electrons. The molecule has 1 saturated heterocycles. The summed E-state index contributed by atoms with van der Waals surface area (Å²) in [7, 11) is 1.63. The summed E-state index contributed by atoms with van der Waals surface area (Å²) in [6.07, 6.45) is 0. The van der Waals surface area contributed by atoms with E-state index in [0.717, 1.165) is 51.5 Å². The third-order valence-corrected chi connectivity index (χ3v) is 4.19. The van der Waals surface area contributed by atoms with Crippen LogP contribution < -0.4 is 14.8 Å². The van der Waals surface area contributed by atoms with E-state index in [0.29, 0.717) is 23.2 Å². The van der Waals surface area contributed by atoms with E-state index < -0.39 is 0 Å². The maximum atomic E-state index is 5.73. The van der Waals surface area contributed by atoms with E-state index in [1.54, 1.807) is 14.0 Å². The highest BCUT2D eigenvalue weighted by Crippen LogP contribution is 2.28. The standard InChI is InChI=1S/C18H26N4O4.ClH/c1-14-20-18(26-21-14)13-25-16-4-3-15(11-17(16)23-2)12-19-5-6-22-7-9-24-10-8-22;/h3-4,11,19H,5-10,12-13H2,1-2H3;1H. The van der Waals surface area contributed by atoms with Crippen LogP contribution >= 0.6 is 12.4 Å². The van der Waals surface area contributed by atoms with Gasteiger partial charge in [-0.1, -0.05) is 11.2 Å². The van der Waals surface area contributed by atoms with Crippen LogP contribution in [0.2, 0.25) is 0 Å². The van der Waals surface area contributed by atoms with Gasteiger partial charge in [0.05, 0.1) is 20.3 Å². The molecule has 3 rings (SSSR count). The molecule has 1 fully saturated rings. The number of methoxy groups -OCH3 is 1. The van der Waals surface area contributed by atoms with E-state index in [4.69, 9.17) is 18.7 Å². The molecular formula is C18H27ClN4O4. The van der Waals surface area contributed by atoms with Crippen LogP contribution in [-0.2, 0) is 17.9 Å². The largest absolute Gasteiger partial charge is 0.493 e. The molecule has 2 aromatic rings. The van der Waals surface area contributed by atoms with Gasteiger partial charge in [0.25, 0.3) is 5.89 Å². The van der Waals surface area contributed by atoms with Gasteiger partial charge in [-0.05, 0) is 24.6 Å². The Labute approximate surface area is 165 Å². The van der Waals surface area contributed by atoms with E-state index in [1.165, 1.54) is 0 Å². The predicted octanol–water partition coefficient (Wildman–Crippen LogP) is 1.81. The molecule has 0 unspecified atom stereocenters. The van der Waals surface area contributed by atoms with Gasteiger partial charge in [0, 0.05) is 32.7 Å². The van der Waals surface area contributed by atoms with Gasteiger partial charge in [-0.25, -0.2) is 0 Å². The number of nitrogens with one attached hydrogen (secondary N) is 1. The first-order chi connectivity index (χ1) is 12.7. The molecule has 2 heterocycles. The Balaban J connectivity index is 0.00000261. The molecule has 0 atom stereocenters. The first-order valence-electron chi connectivity index (χ1n) is 8.84. The van der Waals surface area contributed by atoms with Crippen molar-refractivity contribution in [1.29, 1.82) is 0 Å². The summed E-state index contributed by atoms with van der Waals surface area (Å²) in [5.41, 5.74) is 1.14. The smallest absolute Gasteiger partial charge is 0.264 e. The van der Waals surface area contributed by atoms with Crippen molar-refractivity contribution in [3.05, 3.63) is 35.5 Å². The third-order valence-electron chi connectivity index (χ3n) is 4.19. The first kappa shape index (κ1) is 21.4. The molecule has 150 valence electrons. The van der Waals surface area contributed by atoms with Gasteiger partial charge >= 0.3 is 0 Å². The summed E-state index contributed by atoms with van der Waals surface area (Å²) in [4.78, 5) is 6.53. The van der Waals surface area contributed by atoms with E-state index >= 15 is 0 Å². The number of nitrogens with zero attached hydrogens (tertiary/aromatic N) is 3. The summed E-state index contributed by atoms with van der Waals surface area (Å²) in [5.74, 6) is 2.38. The van der Waals surface area contributed by atoms with Crippen LogP contribution in [-0.4, -0.2) is 61.5 Å². The topological polar surface area (TPSA) is 81.9 Å². The number of ether oxygens (including phenoxy) is 3. The minimum absolute atomic E-state index is 0. The molecule has 1 aromatic carbocycles. The number of halogens is 1. The van der Waals surface area contributed by atoms with Gasteiger partial charge in [0.1, 0.15) is 0 Å². The normalized spacial score (nSPS) is 14.6. The Morgan fingerprint density at radius 2 is 2.04 bits per heavy atom. The van der Waals surface area contributed by atoms with Crippen LogP contribution in [0, 0.1) is 6.92 Å². The second-order valence-corrected chi connectivity index (χ2v) is 6.14. The number of aromatic nitrogens is 2. The Morgan fingerprint density at radius 3 is 2.74 bits per heavy atom. The maximum absolute atomic E-state index is 5.73. The lowest BCUT2D eigenvalue weighted by atomic mass is 10.2. The predicted molar refractivity (Wildman–Crippen MR) is 103 cm³/mol. The summed E-state index contributed by atoms with van der Waals surface area (Å²) >= 11 is 0. The molecule has 1 aliphatic heterocycles. The fourth-order valence-electron chi connectivity index (χ4n) is 2.77. The minimum Gasteiger partial charge on any atom is -0.493 e. The second kappa shape index (κ2) is 11.1. The summed E-state index contributed by atoms with van der Waals surface area (Å²) < 4.78 is 21.6. The van der Waals surface area contributed by atoms with Crippen molar-refractivity contribution >= 4 is 12.4 Å². The zero-order valence-electron chi connectivity index (χ0n) is 15.8. The highest BCUT2D eigenvalue weighted by molar-refractivity contribution is 5.85. The van der Waals surface area contributed by atoms with Crippen LogP contribution in [0.25, 0.3) is 0 Å². The van der Waals surface area contributed by atoms with Gasteiger partial charge in [-0.15, -0.1) is 12.4 Å². The lowest BCUT2D eigenvalue weighted by Crippen LogP contribution is -2.40. The van der Waals surface area contributed by atoms with Crippen molar-refractivity contribution in [3.63, 3.8) is 0 Å². The van der Waals surface area contributed by atoms with Crippen molar-refractivity contribution < 1.29 is 18.7 Å². The molecule has 0 amide bonds. The number of hydrogen-bond acceptors (Lipinski definition) is 8. The van der Waals surface area contributed by atoms with Gasteiger partial charge in [0.2, 0.25) is 0 Å². The summed E-state index contributed by atoms with van der Waals surface area (Å²) in [5, 5.41) is 7.21. The van der Waals surface area contributed by atoms with E-state index in [1.807, 2.05) is 18.2 Å². The summed E-state index contributed by atoms with van der Waals surface area (Å²) in [6, 6.07) is 5.91. The quantitative estimate of drug-likeness (QED) is 0.640. The van der Waals surface area contributed by atoms with Crippen molar-refractivity contribution in [3.8, 4) is 11.5 Å². The Hall–Kier alpha value is -1.87. The molecular weight excluding hydrogens is 372 g/mol. The highest BCUT2D eigenvalue weighted by atomic mass is 35.5. The fraction of sp³-hybridized carbons (Fsp3) is 0.556. The molecule has 1 aliphatic rings. The van der Waals surface area contributed by atoms with Crippen LogP contribution in [0.5, 0.6) is 11.5 Å². The van der Waals surface area contributed by atoms with Gasteiger partial charge in [0.15, 0.2) is 23.9 Å². The average molecular weight is 399 g/mol. The fourth-order valence-corrected chi connectivity index (χ4v) is 2.77. The van der Waals surface area contributed by atoms with Gasteiger partial charge in [-0.2, -0.15) is 4.98 Å². The van der Waals surface area contributed by atoms with Crippen molar-refractivity contribution in [2.24, 2.45) is 0 Å². The number of morpholine rings is 1. The summed E-state index contributed by atoms with van der Waals surface area (Å²) in [6.45, 7) is 8.45. The zero-order valence-corrected chi connectivity index (χ0v) is 16.6. The maximum Gasteiger partial charge on any atom is 0.264 e. The molecule has 8 nitrogen and oxygen atoms in total. The number of aryl methyl sites for hydroxylation is 1. The lowest BCUT2D eigenvalue weighted by molar-refractivity contribution is 0.0384. The lowest BCUT2D eigenvalue weighted by Gasteiger charge is -2.26. The molecule has 27 heavy (non-hydrogen) atoms. The Morgan fingerprint density at radius 1 is 1.22 bits per heavy atom. The Kier molecular flexibility index (Phi) is 8.80. The highest BCUT2D eigenvalue weighted by Gasteiger charge is 2.11. The third kappa shape index (κ3) is 6.66. The monoisotopic (exact) mass is 398 g/mol. The molecule has 9 heteroatoms. The second-order valence-electron chi connectivity index (χ2n) is 6.14. The van der Waals surface area contributed by atoms with Crippen LogP contribution in [0.3, 0.4) is 0 Å².